The number of ether oxygens (including phenoxy) is 2. The van der Waals surface area contributed by atoms with E-state index >= 15 is 0 Å². The second-order valence-electron chi connectivity index (χ2n) is 12.1. The third-order valence-electron chi connectivity index (χ3n) is 8.94. The first-order valence-corrected chi connectivity index (χ1v) is 15.7. The van der Waals surface area contributed by atoms with Gasteiger partial charge in [0.05, 0.1) is 12.8 Å². The molecule has 0 N–H and O–H groups in total. The van der Waals surface area contributed by atoms with Crippen molar-refractivity contribution < 1.29 is 30.5 Å². The molecule has 1 atom stereocenters. The minimum absolute atomic E-state index is 0. The number of benzene rings is 4. The molecular weight excluding hydrogens is 764 g/mol. The zero-order valence-corrected chi connectivity index (χ0v) is 29.6. The summed E-state index contributed by atoms with van der Waals surface area (Å²) < 4.78 is 16.0. The summed E-state index contributed by atoms with van der Waals surface area (Å²) in [7, 11) is 1.67. The summed E-state index contributed by atoms with van der Waals surface area (Å²) in [4.78, 5) is 4.72. The van der Waals surface area contributed by atoms with Gasteiger partial charge in [0, 0.05) is 40.5 Å². The molecule has 3 aromatic heterocycles. The van der Waals surface area contributed by atoms with Crippen LogP contribution in [0.2, 0.25) is 0 Å². The standard InChI is InChI=1S/C40H36N4O2.Pt/c1-25(2)26(3)30-15-18-37-36(21-30)35-17-16-34(23-38(35)43(37)39-24-32(45-6)19-20-41-39)46-33-14-10-13-31(22-33)44-28(5)40(27(4)42-44)29-11-8-7-9-12-29;/h7-21,24-26H,1-6H3;/q-2;+2. The van der Waals surface area contributed by atoms with Crippen LogP contribution in [0.1, 0.15) is 43.6 Å². The van der Waals surface area contributed by atoms with E-state index in [0.29, 0.717) is 23.3 Å². The smallest absolute Gasteiger partial charge is 0.509 e. The number of nitrogens with zero attached hydrogens (tertiary/aromatic N) is 4. The van der Waals surface area contributed by atoms with Crippen LogP contribution in [-0.4, -0.2) is 26.4 Å². The van der Waals surface area contributed by atoms with Gasteiger partial charge in [-0.25, -0.2) is 4.98 Å². The third-order valence-corrected chi connectivity index (χ3v) is 8.94. The Morgan fingerprint density at radius 2 is 1.57 bits per heavy atom. The van der Waals surface area contributed by atoms with Crippen molar-refractivity contribution in [2.24, 2.45) is 5.92 Å². The van der Waals surface area contributed by atoms with Crippen molar-refractivity contribution in [3.63, 3.8) is 0 Å². The van der Waals surface area contributed by atoms with Gasteiger partial charge in [0.15, 0.2) is 0 Å². The number of fused-ring (bicyclic) bond motifs is 3. The number of pyridine rings is 1. The molecule has 47 heavy (non-hydrogen) atoms. The van der Waals surface area contributed by atoms with Gasteiger partial charge in [-0.05, 0) is 60.0 Å². The molecule has 7 rings (SSSR count). The summed E-state index contributed by atoms with van der Waals surface area (Å²) in [6, 6.07) is 37.8. The Morgan fingerprint density at radius 3 is 2.34 bits per heavy atom. The molecule has 6 nitrogen and oxygen atoms in total. The van der Waals surface area contributed by atoms with Gasteiger partial charge in [0.25, 0.3) is 0 Å². The molecule has 0 aliphatic heterocycles. The van der Waals surface area contributed by atoms with Crippen LogP contribution in [0.5, 0.6) is 17.2 Å². The number of rotatable bonds is 8. The van der Waals surface area contributed by atoms with Crippen LogP contribution < -0.4 is 9.47 Å². The molecule has 1 unspecified atom stereocenters. The number of hydrogen-bond acceptors (Lipinski definition) is 4. The Hall–Kier alpha value is -4.67. The largest absolute Gasteiger partial charge is 2.00 e. The van der Waals surface area contributed by atoms with Gasteiger partial charge in [-0.3, -0.25) is 4.68 Å². The molecule has 0 bridgehead atoms. The fourth-order valence-corrected chi connectivity index (χ4v) is 6.19. The monoisotopic (exact) mass is 799 g/mol. The van der Waals surface area contributed by atoms with Crippen molar-refractivity contribution in [1.82, 2.24) is 19.3 Å². The van der Waals surface area contributed by atoms with Crippen LogP contribution in [0.3, 0.4) is 0 Å². The predicted molar refractivity (Wildman–Crippen MR) is 185 cm³/mol. The maximum absolute atomic E-state index is 6.42. The first-order valence-electron chi connectivity index (χ1n) is 15.7. The van der Waals surface area contributed by atoms with Gasteiger partial charge in [0.1, 0.15) is 11.6 Å². The molecule has 0 saturated heterocycles. The molecule has 0 amide bonds. The molecule has 7 aromatic rings. The van der Waals surface area contributed by atoms with Crippen LogP contribution in [-0.2, 0) is 21.1 Å². The van der Waals surface area contributed by atoms with E-state index < -0.39 is 0 Å². The van der Waals surface area contributed by atoms with Crippen LogP contribution in [0, 0.1) is 31.9 Å². The first-order chi connectivity index (χ1) is 22.3. The Bertz CT molecular complexity index is 2200. The summed E-state index contributed by atoms with van der Waals surface area (Å²) in [6.07, 6.45) is 1.77. The van der Waals surface area contributed by atoms with Crippen LogP contribution >= 0.6 is 0 Å². The fourth-order valence-electron chi connectivity index (χ4n) is 6.19. The van der Waals surface area contributed by atoms with Crippen molar-refractivity contribution >= 4 is 21.8 Å². The van der Waals surface area contributed by atoms with Crippen LogP contribution in [0.25, 0.3) is 44.4 Å². The van der Waals surface area contributed by atoms with E-state index in [1.165, 1.54) is 5.56 Å². The van der Waals surface area contributed by atoms with Crippen molar-refractivity contribution in [2.75, 3.05) is 7.11 Å². The second-order valence-corrected chi connectivity index (χ2v) is 12.1. The number of methoxy groups -OCH3 is 1. The Balaban J connectivity index is 0.00000386. The summed E-state index contributed by atoms with van der Waals surface area (Å²) in [5.41, 5.74) is 8.34. The van der Waals surface area contributed by atoms with Gasteiger partial charge in [-0.1, -0.05) is 68.8 Å². The van der Waals surface area contributed by atoms with E-state index in [2.05, 4.69) is 80.8 Å². The quantitative estimate of drug-likeness (QED) is 0.144. The minimum Gasteiger partial charge on any atom is -0.509 e. The molecule has 4 aromatic carbocycles. The summed E-state index contributed by atoms with van der Waals surface area (Å²) in [5.74, 6) is 3.62. The van der Waals surface area contributed by atoms with Crippen LogP contribution in [0.15, 0.2) is 97.2 Å². The molecular formula is C40H36N4O2Pt. The van der Waals surface area contributed by atoms with Gasteiger partial charge in [-0.2, -0.15) is 17.2 Å². The van der Waals surface area contributed by atoms with Crippen LogP contribution in [0.4, 0.5) is 0 Å². The average molecular weight is 800 g/mol. The van der Waals surface area contributed by atoms with Crippen molar-refractivity contribution in [3.8, 4) is 39.9 Å². The summed E-state index contributed by atoms with van der Waals surface area (Å²) >= 11 is 0. The van der Waals surface area contributed by atoms with Crippen molar-refractivity contribution in [1.29, 1.82) is 0 Å². The molecule has 7 heteroatoms. The van der Waals surface area contributed by atoms with Gasteiger partial charge >= 0.3 is 21.1 Å². The number of aryl methyl sites for hydroxylation is 1. The summed E-state index contributed by atoms with van der Waals surface area (Å²) in [6.45, 7) is 10.9. The van der Waals surface area contributed by atoms with Crippen molar-refractivity contribution in [3.05, 3.63) is 126 Å². The minimum atomic E-state index is 0. The molecule has 0 aliphatic carbocycles. The Labute approximate surface area is 290 Å². The normalized spacial score (nSPS) is 12.0. The molecule has 0 aliphatic rings. The van der Waals surface area contributed by atoms with E-state index in [1.807, 2.05) is 66.2 Å². The Morgan fingerprint density at radius 1 is 0.787 bits per heavy atom. The summed E-state index contributed by atoms with van der Waals surface area (Å²) in [5, 5.41) is 7.10. The van der Waals surface area contributed by atoms with Gasteiger partial charge < -0.3 is 14.0 Å². The average Bonchev–Trinajstić information content (AvgIpc) is 3.56. The zero-order chi connectivity index (χ0) is 31.9. The van der Waals surface area contributed by atoms with Gasteiger partial charge in [0.2, 0.25) is 0 Å². The topological polar surface area (TPSA) is 54.1 Å². The molecule has 0 radical (unpaired) electrons. The first kappa shape index (κ1) is 32.3. The van der Waals surface area contributed by atoms with Gasteiger partial charge in [-0.15, -0.1) is 35.7 Å². The molecule has 0 fully saturated rings. The molecule has 0 saturated carbocycles. The van der Waals surface area contributed by atoms with E-state index in [1.54, 1.807) is 13.3 Å². The van der Waals surface area contributed by atoms with E-state index in [0.717, 1.165) is 61.6 Å². The molecule has 3 heterocycles. The van der Waals surface area contributed by atoms with E-state index in [9.17, 15) is 0 Å². The maximum atomic E-state index is 6.42. The zero-order valence-electron chi connectivity index (χ0n) is 27.3. The number of hydrogen-bond donors (Lipinski definition) is 0. The number of aromatic nitrogens is 4. The Kier molecular flexibility index (Phi) is 9.07. The molecule has 238 valence electrons. The van der Waals surface area contributed by atoms with Crippen molar-refractivity contribution in [2.45, 2.75) is 40.5 Å². The molecule has 0 spiro atoms. The SMILES string of the molecule is COc1ccnc(-n2c3[c-]c(Oc4[c-]c(-n5nc(C)c(-c6ccccc6)c5C)ccc4)ccc3c3cc(C(C)C(C)C)ccc32)c1.[Pt+2]. The second kappa shape index (κ2) is 13.2. The third kappa shape index (κ3) is 5.99. The van der Waals surface area contributed by atoms with E-state index in [4.69, 9.17) is 19.6 Å². The predicted octanol–water partition coefficient (Wildman–Crippen LogP) is 9.81. The van der Waals surface area contributed by atoms with E-state index in [-0.39, 0.29) is 21.1 Å². The maximum Gasteiger partial charge on any atom is 2.00 e. The fraction of sp³-hybridized carbons (Fsp3) is 0.200.